The molecule has 34 heavy (non-hydrogen) atoms. The third-order valence-corrected chi connectivity index (χ3v) is 5.32. The smallest absolute Gasteiger partial charge is 0.262 e. The van der Waals surface area contributed by atoms with Gasteiger partial charge in [0.15, 0.2) is 30.2 Å². The van der Waals surface area contributed by atoms with Crippen LogP contribution in [0.2, 0.25) is 0 Å². The highest BCUT2D eigenvalue weighted by molar-refractivity contribution is 5.95. The molecule has 0 saturated carbocycles. The van der Waals surface area contributed by atoms with Crippen LogP contribution in [-0.4, -0.2) is 34.6 Å². The molecule has 0 spiro atoms. The van der Waals surface area contributed by atoms with Gasteiger partial charge < -0.3 is 20.5 Å². The number of hydrogen-bond donors (Lipinski definition) is 3. The van der Waals surface area contributed by atoms with Crippen LogP contribution in [0.5, 0.6) is 11.5 Å². The zero-order chi connectivity index (χ0) is 23.5. The molecule has 1 aromatic heterocycles. The molecular weight excluding hydrogens is 432 g/mol. The number of guanidine groups is 1. The number of nitrogens with two attached hydrogens (primary N) is 1. The van der Waals surface area contributed by atoms with Gasteiger partial charge in [0.2, 0.25) is 5.95 Å². The Morgan fingerprint density at radius 2 is 1.85 bits per heavy atom. The number of hydrogen-bond acceptors (Lipinski definition) is 7. The molecule has 1 aliphatic rings. The van der Waals surface area contributed by atoms with Gasteiger partial charge in [0.1, 0.15) is 0 Å². The van der Waals surface area contributed by atoms with Crippen molar-refractivity contribution in [2.24, 2.45) is 10.7 Å². The fourth-order valence-corrected chi connectivity index (χ4v) is 3.87. The van der Waals surface area contributed by atoms with Crippen molar-refractivity contribution in [3.05, 3.63) is 78.4 Å². The molecule has 4 aromatic rings. The monoisotopic (exact) mass is 456 g/mol. The van der Waals surface area contributed by atoms with E-state index in [-0.39, 0.29) is 18.5 Å². The summed E-state index contributed by atoms with van der Waals surface area (Å²) in [5.74, 6) is 1.63. The van der Waals surface area contributed by atoms with Gasteiger partial charge in [-0.15, -0.1) is 0 Å². The maximum atomic E-state index is 12.3. The minimum atomic E-state index is -0.432. The summed E-state index contributed by atoms with van der Waals surface area (Å²) in [7, 11) is 0. The van der Waals surface area contributed by atoms with Crippen LogP contribution in [-0.2, 0) is 4.79 Å². The lowest BCUT2D eigenvalue weighted by molar-refractivity contribution is -0.118. The maximum Gasteiger partial charge on any atom is 0.262 e. The van der Waals surface area contributed by atoms with E-state index in [0.29, 0.717) is 29.7 Å². The summed E-state index contributed by atoms with van der Waals surface area (Å²) >= 11 is 0. The van der Waals surface area contributed by atoms with E-state index in [9.17, 15) is 4.79 Å². The van der Waals surface area contributed by atoms with Gasteiger partial charge in [-0.1, -0.05) is 36.4 Å². The average molecular weight is 457 g/mol. The number of rotatable bonds is 7. The van der Waals surface area contributed by atoms with E-state index < -0.39 is 6.17 Å². The van der Waals surface area contributed by atoms with Gasteiger partial charge in [-0.25, -0.2) is 9.98 Å². The summed E-state index contributed by atoms with van der Waals surface area (Å²) in [4.78, 5) is 21.6. The Labute approximate surface area is 196 Å². The summed E-state index contributed by atoms with van der Waals surface area (Å²) in [5.41, 5.74) is 9.38. The summed E-state index contributed by atoms with van der Waals surface area (Å²) in [6.07, 6.45) is -0.432. The van der Waals surface area contributed by atoms with Crippen molar-refractivity contribution in [2.75, 3.05) is 23.8 Å². The van der Waals surface area contributed by atoms with Crippen molar-refractivity contribution < 1.29 is 14.3 Å². The molecule has 4 N–H and O–H groups in total. The molecule has 0 bridgehead atoms. The molecule has 1 aliphatic heterocycles. The highest BCUT2D eigenvalue weighted by Crippen LogP contribution is 2.36. The van der Waals surface area contributed by atoms with E-state index >= 15 is 0 Å². The minimum absolute atomic E-state index is 0.150. The van der Waals surface area contributed by atoms with Gasteiger partial charge in [0.05, 0.1) is 17.6 Å². The van der Waals surface area contributed by atoms with Gasteiger partial charge in [-0.3, -0.25) is 14.7 Å². The van der Waals surface area contributed by atoms with Crippen LogP contribution in [0.3, 0.4) is 0 Å². The van der Waals surface area contributed by atoms with Gasteiger partial charge in [0.25, 0.3) is 5.91 Å². The van der Waals surface area contributed by atoms with E-state index in [1.807, 2.05) is 78.2 Å². The third-order valence-electron chi connectivity index (χ3n) is 5.32. The van der Waals surface area contributed by atoms with E-state index in [0.717, 1.165) is 16.6 Å². The lowest BCUT2D eigenvalue weighted by Gasteiger charge is -2.24. The molecule has 3 aromatic carbocycles. The molecule has 0 saturated heterocycles. The van der Waals surface area contributed by atoms with E-state index in [4.69, 9.17) is 15.2 Å². The third kappa shape index (κ3) is 4.23. The number of nitrogens with zero attached hydrogens (tertiary/aromatic N) is 3. The first kappa shape index (κ1) is 21.3. The molecule has 172 valence electrons. The number of nitrogens with one attached hydrogen (secondary N) is 2. The van der Waals surface area contributed by atoms with Crippen molar-refractivity contribution in [3.63, 3.8) is 0 Å². The molecule has 0 unspecified atom stereocenters. The number of benzene rings is 3. The number of aliphatic imine (C=N–C) groups is 1. The number of ether oxygens (including phenoxy) is 2. The Kier molecular flexibility index (Phi) is 5.73. The molecule has 9 nitrogen and oxygen atoms in total. The number of aromatic nitrogens is 2. The topological polar surface area (TPSA) is 116 Å². The Bertz CT molecular complexity index is 1370. The normalized spacial score (nSPS) is 14.6. The number of anilines is 2. The fraction of sp³-hybridized carbons (Fsp3) is 0.160. The molecule has 0 fully saturated rings. The Hall–Kier alpha value is -4.53. The highest BCUT2D eigenvalue weighted by Gasteiger charge is 2.26. The first-order valence-electron chi connectivity index (χ1n) is 10.9. The number of para-hydroxylation sites is 3. The first-order chi connectivity index (χ1) is 16.6. The van der Waals surface area contributed by atoms with Crippen LogP contribution in [0.1, 0.15) is 18.7 Å². The Morgan fingerprint density at radius 3 is 2.68 bits per heavy atom. The molecule has 0 radical (unpaired) electrons. The van der Waals surface area contributed by atoms with Gasteiger partial charge in [-0.2, -0.15) is 0 Å². The van der Waals surface area contributed by atoms with E-state index in [2.05, 4.69) is 20.6 Å². The molecule has 1 atom stereocenters. The fourth-order valence-electron chi connectivity index (χ4n) is 3.87. The van der Waals surface area contributed by atoms with Crippen LogP contribution in [0, 0.1) is 0 Å². The largest absolute Gasteiger partial charge is 0.490 e. The number of fused-ring (bicyclic) bond motifs is 3. The molecular formula is C25H24N6O3. The molecule has 9 heteroatoms. The Balaban J connectivity index is 1.41. The predicted molar refractivity (Wildman–Crippen MR) is 131 cm³/mol. The number of carbonyl (C=O) groups excluding carboxylic acids is 1. The second-order valence-corrected chi connectivity index (χ2v) is 7.65. The van der Waals surface area contributed by atoms with Crippen LogP contribution in [0.15, 0.2) is 77.8 Å². The van der Waals surface area contributed by atoms with Crippen LogP contribution < -0.4 is 25.8 Å². The maximum absolute atomic E-state index is 12.3. The van der Waals surface area contributed by atoms with Crippen molar-refractivity contribution in [1.82, 2.24) is 9.55 Å². The number of carbonyl (C=O) groups is 1. The molecule has 2 heterocycles. The van der Waals surface area contributed by atoms with Crippen molar-refractivity contribution >= 4 is 34.5 Å². The van der Waals surface area contributed by atoms with Crippen LogP contribution >= 0.6 is 0 Å². The number of imidazole rings is 1. The van der Waals surface area contributed by atoms with Crippen LogP contribution in [0.4, 0.5) is 11.6 Å². The summed E-state index contributed by atoms with van der Waals surface area (Å²) in [6, 6.07) is 22.6. The highest BCUT2D eigenvalue weighted by atomic mass is 16.5. The van der Waals surface area contributed by atoms with Crippen LogP contribution in [0.25, 0.3) is 11.0 Å². The first-order valence-corrected chi connectivity index (χ1v) is 10.9. The van der Waals surface area contributed by atoms with Gasteiger partial charge >= 0.3 is 0 Å². The van der Waals surface area contributed by atoms with Crippen molar-refractivity contribution in [1.29, 1.82) is 0 Å². The van der Waals surface area contributed by atoms with Crippen molar-refractivity contribution in [2.45, 2.75) is 13.1 Å². The lowest BCUT2D eigenvalue weighted by atomic mass is 10.1. The second kappa shape index (κ2) is 9.14. The lowest BCUT2D eigenvalue weighted by Crippen LogP contribution is -2.31. The second-order valence-electron chi connectivity index (χ2n) is 7.65. The minimum Gasteiger partial charge on any atom is -0.490 e. The molecule has 1 amide bonds. The summed E-state index contributed by atoms with van der Waals surface area (Å²) in [6.45, 7) is 2.18. The van der Waals surface area contributed by atoms with Crippen molar-refractivity contribution in [3.8, 4) is 11.5 Å². The van der Waals surface area contributed by atoms with Gasteiger partial charge in [-0.05, 0) is 43.3 Å². The predicted octanol–water partition coefficient (Wildman–Crippen LogP) is 3.74. The van der Waals surface area contributed by atoms with Gasteiger partial charge in [0, 0.05) is 11.3 Å². The summed E-state index contributed by atoms with van der Waals surface area (Å²) < 4.78 is 13.6. The number of amides is 1. The molecule has 0 aliphatic carbocycles. The zero-order valence-electron chi connectivity index (χ0n) is 18.6. The van der Waals surface area contributed by atoms with E-state index in [1.54, 1.807) is 6.07 Å². The standard InChI is InChI=1S/C25H24N6O3/c1-2-33-21-14-16(12-13-20(21)34-15-22(32)27-17-8-4-3-5-9-17)23-29-24(26)30-25-28-18-10-6-7-11-19(18)31(23)25/h3-14,23H,2,15H2,1H3,(H,27,32)(H3,26,28,29,30)/t23-/m0/s1. The SMILES string of the molecule is CCOc1cc([C@H]2N=C(N)Nc3nc4ccccc4n32)ccc1OCC(=O)Nc1ccccc1. The summed E-state index contributed by atoms with van der Waals surface area (Å²) in [5, 5.41) is 5.84. The molecule has 5 rings (SSSR count). The Morgan fingerprint density at radius 1 is 1.06 bits per heavy atom. The van der Waals surface area contributed by atoms with E-state index in [1.165, 1.54) is 0 Å². The average Bonchev–Trinajstić information content (AvgIpc) is 3.21. The quantitative estimate of drug-likeness (QED) is 0.390. The zero-order valence-corrected chi connectivity index (χ0v) is 18.6.